The number of hydrogen-bond acceptors (Lipinski definition) is 1. The maximum atomic E-state index is 12.6. The molecule has 0 aromatic heterocycles. The van der Waals surface area contributed by atoms with Crippen LogP contribution in [0.4, 0.5) is 5.69 Å². The highest BCUT2D eigenvalue weighted by atomic mass is 16.1. The minimum absolute atomic E-state index is 0.0446. The average Bonchev–Trinajstić information content (AvgIpc) is 2.95. The fourth-order valence-corrected chi connectivity index (χ4v) is 3.37. The molecule has 3 aromatic carbocycles. The fraction of sp³-hybridized carbons (Fsp3) is 0.150. The molecule has 0 heterocycles. The minimum Gasteiger partial charge on any atom is -0.321 e. The topological polar surface area (TPSA) is 29.1 Å². The van der Waals surface area contributed by atoms with Crippen molar-refractivity contribution in [3.8, 4) is 0 Å². The molecule has 4 rings (SSSR count). The third kappa shape index (κ3) is 2.00. The predicted octanol–water partition coefficient (Wildman–Crippen LogP) is 4.50. The van der Waals surface area contributed by atoms with Gasteiger partial charge in [-0.2, -0.15) is 0 Å². The van der Waals surface area contributed by atoms with Crippen molar-refractivity contribution in [2.75, 3.05) is 5.32 Å². The van der Waals surface area contributed by atoms with Gasteiger partial charge in [-0.05, 0) is 54.0 Å². The van der Waals surface area contributed by atoms with Crippen LogP contribution >= 0.6 is 0 Å². The first-order valence-corrected chi connectivity index (χ1v) is 7.64. The molecule has 0 unspecified atom stereocenters. The Morgan fingerprint density at radius 1 is 0.909 bits per heavy atom. The van der Waals surface area contributed by atoms with Crippen LogP contribution in [0, 0.1) is 6.92 Å². The molecular weight excluding hydrogens is 270 g/mol. The second kappa shape index (κ2) is 4.99. The average molecular weight is 287 g/mol. The minimum atomic E-state index is -0.0446. The van der Waals surface area contributed by atoms with E-state index < -0.39 is 0 Å². The van der Waals surface area contributed by atoms with Crippen LogP contribution in [0.1, 0.15) is 27.0 Å². The summed E-state index contributed by atoms with van der Waals surface area (Å²) in [6, 6.07) is 18.2. The Balaban J connectivity index is 1.77. The highest BCUT2D eigenvalue weighted by molar-refractivity contribution is 6.11. The highest BCUT2D eigenvalue weighted by Gasteiger charge is 2.17. The number of hydrogen-bond donors (Lipinski definition) is 1. The van der Waals surface area contributed by atoms with Gasteiger partial charge in [-0.1, -0.05) is 42.5 Å². The Bertz CT molecular complexity index is 885. The lowest BCUT2D eigenvalue weighted by atomic mass is 10.0. The Hall–Kier alpha value is -2.61. The summed E-state index contributed by atoms with van der Waals surface area (Å²) in [5.74, 6) is -0.0446. The number of rotatable bonds is 2. The summed E-state index contributed by atoms with van der Waals surface area (Å²) in [7, 11) is 0. The Kier molecular flexibility index (Phi) is 2.97. The number of carbonyl (C=O) groups excluding carboxylic acids is 1. The van der Waals surface area contributed by atoms with E-state index in [1.807, 2.05) is 37.3 Å². The van der Waals surface area contributed by atoms with E-state index in [0.29, 0.717) is 0 Å². The molecule has 0 bridgehead atoms. The molecule has 0 aliphatic heterocycles. The summed E-state index contributed by atoms with van der Waals surface area (Å²) < 4.78 is 0. The molecule has 2 heteroatoms. The van der Waals surface area contributed by atoms with Crippen LogP contribution in [0.2, 0.25) is 0 Å². The Morgan fingerprint density at radius 3 is 2.50 bits per heavy atom. The summed E-state index contributed by atoms with van der Waals surface area (Å²) in [6.07, 6.45) is 2.20. The van der Waals surface area contributed by atoms with Gasteiger partial charge in [0.1, 0.15) is 0 Å². The number of aryl methyl sites for hydroxylation is 3. The molecule has 2 nitrogen and oxygen atoms in total. The van der Waals surface area contributed by atoms with Crippen LogP contribution in [0.5, 0.6) is 0 Å². The second-order valence-electron chi connectivity index (χ2n) is 5.88. The molecule has 3 aromatic rings. The van der Waals surface area contributed by atoms with Crippen molar-refractivity contribution < 1.29 is 4.79 Å². The van der Waals surface area contributed by atoms with Crippen LogP contribution in [0.25, 0.3) is 10.8 Å². The number of amides is 1. The van der Waals surface area contributed by atoms with E-state index in [2.05, 4.69) is 29.6 Å². The normalized spacial score (nSPS) is 12.6. The van der Waals surface area contributed by atoms with E-state index in [1.54, 1.807) is 0 Å². The number of benzene rings is 3. The molecule has 1 N–H and O–H groups in total. The summed E-state index contributed by atoms with van der Waals surface area (Å²) >= 11 is 0. The molecule has 0 spiro atoms. The molecule has 0 atom stereocenters. The van der Waals surface area contributed by atoms with Gasteiger partial charge in [0.05, 0.1) is 0 Å². The molecule has 0 saturated heterocycles. The number of nitrogens with one attached hydrogen (secondary N) is 1. The van der Waals surface area contributed by atoms with Crippen LogP contribution in [0.15, 0.2) is 54.6 Å². The largest absolute Gasteiger partial charge is 0.321 e. The SMILES string of the molecule is Cc1ccccc1C(=O)Nc1ccc2c3c(cccc13)CC2. The highest BCUT2D eigenvalue weighted by Crippen LogP contribution is 2.35. The monoisotopic (exact) mass is 287 g/mol. The lowest BCUT2D eigenvalue weighted by Gasteiger charge is -2.11. The molecule has 1 amide bonds. The third-order valence-corrected chi connectivity index (χ3v) is 4.51. The fourth-order valence-electron chi connectivity index (χ4n) is 3.37. The van der Waals surface area contributed by atoms with Crippen molar-refractivity contribution in [1.29, 1.82) is 0 Å². The maximum Gasteiger partial charge on any atom is 0.255 e. The van der Waals surface area contributed by atoms with Gasteiger partial charge in [0.15, 0.2) is 0 Å². The molecule has 22 heavy (non-hydrogen) atoms. The zero-order chi connectivity index (χ0) is 15.1. The Labute approximate surface area is 129 Å². The molecule has 0 fully saturated rings. The predicted molar refractivity (Wildman–Crippen MR) is 90.5 cm³/mol. The molecule has 108 valence electrons. The first-order chi connectivity index (χ1) is 10.7. The van der Waals surface area contributed by atoms with Gasteiger partial charge in [0, 0.05) is 16.6 Å². The van der Waals surface area contributed by atoms with Gasteiger partial charge in [-0.15, -0.1) is 0 Å². The molecular formula is C20H17NO. The summed E-state index contributed by atoms with van der Waals surface area (Å²) in [4.78, 5) is 12.6. The molecule has 0 radical (unpaired) electrons. The van der Waals surface area contributed by atoms with Gasteiger partial charge in [0.2, 0.25) is 0 Å². The van der Waals surface area contributed by atoms with Crippen molar-refractivity contribution in [3.63, 3.8) is 0 Å². The summed E-state index contributed by atoms with van der Waals surface area (Å²) in [5, 5.41) is 5.56. The van der Waals surface area contributed by atoms with Crippen molar-refractivity contribution in [1.82, 2.24) is 0 Å². The van der Waals surface area contributed by atoms with E-state index >= 15 is 0 Å². The first kappa shape index (κ1) is 13.1. The maximum absolute atomic E-state index is 12.6. The van der Waals surface area contributed by atoms with Gasteiger partial charge in [0.25, 0.3) is 5.91 Å². The standard InChI is InChI=1S/C20H17NO/c1-13-5-2-3-7-16(13)20(22)21-18-12-11-15-10-9-14-6-4-8-17(18)19(14)15/h2-8,11-12H,9-10H2,1H3,(H,21,22). The summed E-state index contributed by atoms with van der Waals surface area (Å²) in [6.45, 7) is 1.96. The second-order valence-corrected chi connectivity index (χ2v) is 5.88. The zero-order valence-electron chi connectivity index (χ0n) is 12.5. The third-order valence-electron chi connectivity index (χ3n) is 4.51. The zero-order valence-corrected chi connectivity index (χ0v) is 12.5. The molecule has 1 aliphatic carbocycles. The number of carbonyl (C=O) groups is 1. The molecule has 0 saturated carbocycles. The van der Waals surface area contributed by atoms with Gasteiger partial charge in [-0.3, -0.25) is 4.79 Å². The van der Waals surface area contributed by atoms with Crippen molar-refractivity contribution in [2.45, 2.75) is 19.8 Å². The molecule has 1 aliphatic rings. The van der Waals surface area contributed by atoms with Crippen LogP contribution in [0.3, 0.4) is 0 Å². The van der Waals surface area contributed by atoms with E-state index in [9.17, 15) is 4.79 Å². The smallest absolute Gasteiger partial charge is 0.255 e. The quantitative estimate of drug-likeness (QED) is 0.738. The van der Waals surface area contributed by atoms with Gasteiger partial charge >= 0.3 is 0 Å². The van der Waals surface area contributed by atoms with Crippen LogP contribution < -0.4 is 5.32 Å². The lowest BCUT2D eigenvalue weighted by Crippen LogP contribution is -2.13. The lowest BCUT2D eigenvalue weighted by molar-refractivity contribution is 0.102. The van der Waals surface area contributed by atoms with E-state index in [1.165, 1.54) is 16.5 Å². The van der Waals surface area contributed by atoms with Crippen LogP contribution in [-0.4, -0.2) is 5.91 Å². The van der Waals surface area contributed by atoms with E-state index in [0.717, 1.165) is 35.0 Å². The Morgan fingerprint density at radius 2 is 1.68 bits per heavy atom. The van der Waals surface area contributed by atoms with Gasteiger partial charge in [-0.25, -0.2) is 0 Å². The van der Waals surface area contributed by atoms with Crippen molar-refractivity contribution >= 4 is 22.4 Å². The summed E-state index contributed by atoms with van der Waals surface area (Å²) in [5.41, 5.74) is 5.39. The van der Waals surface area contributed by atoms with E-state index in [4.69, 9.17) is 0 Å². The number of anilines is 1. The first-order valence-electron chi connectivity index (χ1n) is 7.64. The van der Waals surface area contributed by atoms with Crippen LogP contribution in [-0.2, 0) is 12.8 Å². The van der Waals surface area contributed by atoms with Crippen molar-refractivity contribution in [2.24, 2.45) is 0 Å². The van der Waals surface area contributed by atoms with Crippen molar-refractivity contribution in [3.05, 3.63) is 76.9 Å². The van der Waals surface area contributed by atoms with E-state index in [-0.39, 0.29) is 5.91 Å². The van der Waals surface area contributed by atoms with Gasteiger partial charge < -0.3 is 5.32 Å².